The number of anilines is 1. The summed E-state index contributed by atoms with van der Waals surface area (Å²) in [4.78, 5) is 14.5. The molecule has 1 N–H and O–H groups in total. The van der Waals surface area contributed by atoms with Gasteiger partial charge in [0.25, 0.3) is 5.89 Å². The zero-order valence-corrected chi connectivity index (χ0v) is 16.1. The van der Waals surface area contributed by atoms with Crippen LogP contribution >= 0.6 is 0 Å². The van der Waals surface area contributed by atoms with Crippen molar-refractivity contribution < 1.29 is 13.6 Å². The minimum atomic E-state index is 0.0155. The largest absolute Gasteiger partial charge is 0.472 e. The molecule has 1 fully saturated rings. The molecule has 146 valence electrons. The third-order valence-corrected chi connectivity index (χ3v) is 5.30. The molecule has 7 heteroatoms. The lowest BCUT2D eigenvalue weighted by molar-refractivity contribution is -0.117. The molecule has 1 amide bonds. The first-order valence-corrected chi connectivity index (χ1v) is 9.54. The van der Waals surface area contributed by atoms with Gasteiger partial charge in [0.1, 0.15) is 6.26 Å². The molecule has 2 aromatic heterocycles. The normalized spacial score (nSPS) is 15.6. The van der Waals surface area contributed by atoms with Crippen LogP contribution < -0.4 is 5.32 Å². The van der Waals surface area contributed by atoms with Gasteiger partial charge < -0.3 is 14.2 Å². The second-order valence-electron chi connectivity index (χ2n) is 7.36. The predicted octanol–water partition coefficient (Wildman–Crippen LogP) is 3.76. The summed E-state index contributed by atoms with van der Waals surface area (Å²) in [5.41, 5.74) is 4.03. The van der Waals surface area contributed by atoms with E-state index in [1.165, 1.54) is 11.1 Å². The maximum Gasteiger partial charge on any atom is 0.250 e. The number of rotatable bonds is 5. The molecule has 3 aromatic rings. The quantitative estimate of drug-likeness (QED) is 0.725. The third kappa shape index (κ3) is 4.14. The zero-order chi connectivity index (χ0) is 19.5. The molecule has 0 unspecified atom stereocenters. The van der Waals surface area contributed by atoms with E-state index in [2.05, 4.69) is 27.3 Å². The first kappa shape index (κ1) is 18.4. The Hall–Kier alpha value is -2.93. The minimum Gasteiger partial charge on any atom is -0.472 e. The molecular formula is C21H24N4O3. The molecule has 0 saturated carbocycles. The van der Waals surface area contributed by atoms with Crippen molar-refractivity contribution >= 4 is 11.6 Å². The minimum absolute atomic E-state index is 0.0155. The summed E-state index contributed by atoms with van der Waals surface area (Å²) in [7, 11) is 0. The highest BCUT2D eigenvalue weighted by Gasteiger charge is 2.26. The third-order valence-electron chi connectivity index (χ3n) is 5.30. The summed E-state index contributed by atoms with van der Waals surface area (Å²) in [5, 5.41) is 11.3. The fourth-order valence-corrected chi connectivity index (χ4v) is 3.46. The number of carbonyl (C=O) groups excluding carboxylic acids is 1. The van der Waals surface area contributed by atoms with Gasteiger partial charge in [-0.1, -0.05) is 6.07 Å². The van der Waals surface area contributed by atoms with Gasteiger partial charge in [-0.05, 0) is 69.1 Å². The second-order valence-corrected chi connectivity index (χ2v) is 7.36. The number of piperidine rings is 1. The molecule has 7 nitrogen and oxygen atoms in total. The number of furan rings is 1. The number of amides is 1. The maximum atomic E-state index is 12.4. The van der Waals surface area contributed by atoms with E-state index in [1.54, 1.807) is 18.6 Å². The summed E-state index contributed by atoms with van der Waals surface area (Å²) >= 11 is 0. The van der Waals surface area contributed by atoms with Crippen LogP contribution in [0.25, 0.3) is 11.5 Å². The van der Waals surface area contributed by atoms with E-state index in [0.717, 1.165) is 37.2 Å². The summed E-state index contributed by atoms with van der Waals surface area (Å²) in [6, 6.07) is 7.78. The van der Waals surface area contributed by atoms with Gasteiger partial charge in [-0.3, -0.25) is 9.69 Å². The lowest BCUT2D eigenvalue weighted by Crippen LogP contribution is -2.38. The molecule has 0 bridgehead atoms. The van der Waals surface area contributed by atoms with E-state index in [0.29, 0.717) is 18.3 Å². The maximum absolute atomic E-state index is 12.4. The van der Waals surface area contributed by atoms with Crippen molar-refractivity contribution in [2.45, 2.75) is 32.6 Å². The van der Waals surface area contributed by atoms with Crippen molar-refractivity contribution in [3.05, 3.63) is 53.8 Å². The number of aryl methyl sites for hydroxylation is 2. The first-order chi connectivity index (χ1) is 13.6. The van der Waals surface area contributed by atoms with Crippen molar-refractivity contribution in [2.24, 2.45) is 0 Å². The molecule has 0 atom stereocenters. The van der Waals surface area contributed by atoms with Gasteiger partial charge in [0.2, 0.25) is 11.8 Å². The van der Waals surface area contributed by atoms with Crippen LogP contribution in [0.15, 0.2) is 45.6 Å². The summed E-state index contributed by atoms with van der Waals surface area (Å²) < 4.78 is 10.9. The van der Waals surface area contributed by atoms with Crippen LogP contribution in [-0.4, -0.2) is 40.6 Å². The molecule has 0 radical (unpaired) electrons. The molecule has 1 aromatic carbocycles. The van der Waals surface area contributed by atoms with E-state index in [-0.39, 0.29) is 11.8 Å². The van der Waals surface area contributed by atoms with Crippen LogP contribution in [-0.2, 0) is 4.79 Å². The van der Waals surface area contributed by atoms with Gasteiger partial charge in [-0.15, -0.1) is 10.2 Å². The highest BCUT2D eigenvalue weighted by Crippen LogP contribution is 2.29. The Balaban J connectivity index is 1.28. The van der Waals surface area contributed by atoms with Gasteiger partial charge in [-0.2, -0.15) is 0 Å². The Labute approximate surface area is 163 Å². The average Bonchev–Trinajstić information content (AvgIpc) is 3.37. The van der Waals surface area contributed by atoms with Crippen molar-refractivity contribution in [1.29, 1.82) is 0 Å². The Bertz CT molecular complexity index is 940. The summed E-state index contributed by atoms with van der Waals surface area (Å²) in [6.45, 7) is 6.16. The Morgan fingerprint density at radius 2 is 2.00 bits per heavy atom. The number of carbonyl (C=O) groups is 1. The Morgan fingerprint density at radius 3 is 2.71 bits per heavy atom. The number of likely N-dealkylation sites (tertiary alicyclic amines) is 1. The van der Waals surface area contributed by atoms with Gasteiger partial charge in [0.05, 0.1) is 18.4 Å². The number of hydrogen-bond acceptors (Lipinski definition) is 6. The van der Waals surface area contributed by atoms with Crippen molar-refractivity contribution in [1.82, 2.24) is 15.1 Å². The molecule has 0 aliphatic carbocycles. The second kappa shape index (κ2) is 7.98. The fraction of sp³-hybridized carbons (Fsp3) is 0.381. The summed E-state index contributed by atoms with van der Waals surface area (Å²) in [6.07, 6.45) is 4.96. The highest BCUT2D eigenvalue weighted by atomic mass is 16.4. The molecule has 4 rings (SSSR count). The lowest BCUT2D eigenvalue weighted by Gasteiger charge is -2.29. The number of nitrogens with one attached hydrogen (secondary N) is 1. The van der Waals surface area contributed by atoms with Crippen molar-refractivity contribution in [2.75, 3.05) is 25.0 Å². The molecule has 0 spiro atoms. The molecule has 28 heavy (non-hydrogen) atoms. The first-order valence-electron chi connectivity index (χ1n) is 9.54. The van der Waals surface area contributed by atoms with E-state index in [1.807, 2.05) is 25.1 Å². The number of hydrogen-bond donors (Lipinski definition) is 1. The van der Waals surface area contributed by atoms with Crippen LogP contribution in [0.5, 0.6) is 0 Å². The molecule has 1 saturated heterocycles. The van der Waals surface area contributed by atoms with Crippen molar-refractivity contribution in [3.63, 3.8) is 0 Å². The van der Waals surface area contributed by atoms with Gasteiger partial charge in [0.15, 0.2) is 0 Å². The van der Waals surface area contributed by atoms with E-state index < -0.39 is 0 Å². The van der Waals surface area contributed by atoms with Gasteiger partial charge in [0, 0.05) is 11.6 Å². The molecule has 1 aliphatic heterocycles. The van der Waals surface area contributed by atoms with Crippen molar-refractivity contribution in [3.8, 4) is 11.5 Å². The van der Waals surface area contributed by atoms with Gasteiger partial charge >= 0.3 is 0 Å². The SMILES string of the molecule is Cc1ccc(NC(=O)CN2CCC(c3nnc(-c4ccoc4)o3)CC2)cc1C. The summed E-state index contributed by atoms with van der Waals surface area (Å²) in [5.74, 6) is 1.39. The molecule has 1 aliphatic rings. The number of benzene rings is 1. The lowest BCUT2D eigenvalue weighted by atomic mass is 9.97. The van der Waals surface area contributed by atoms with Crippen LogP contribution in [0.1, 0.15) is 35.8 Å². The smallest absolute Gasteiger partial charge is 0.250 e. The van der Waals surface area contributed by atoms with Crippen LogP contribution in [0, 0.1) is 13.8 Å². The van der Waals surface area contributed by atoms with E-state index >= 15 is 0 Å². The number of nitrogens with zero attached hydrogens (tertiary/aromatic N) is 3. The fourth-order valence-electron chi connectivity index (χ4n) is 3.46. The van der Waals surface area contributed by atoms with Crippen LogP contribution in [0.4, 0.5) is 5.69 Å². The van der Waals surface area contributed by atoms with Gasteiger partial charge in [-0.25, -0.2) is 0 Å². The van der Waals surface area contributed by atoms with Crippen LogP contribution in [0.2, 0.25) is 0 Å². The zero-order valence-electron chi connectivity index (χ0n) is 16.1. The molecule has 3 heterocycles. The Kier molecular flexibility index (Phi) is 5.25. The topological polar surface area (TPSA) is 84.4 Å². The van der Waals surface area contributed by atoms with E-state index in [9.17, 15) is 4.79 Å². The standard InChI is InChI=1S/C21H24N4O3/c1-14-3-4-18(11-15(14)2)22-19(26)12-25-8-5-16(6-9-25)20-23-24-21(28-20)17-7-10-27-13-17/h3-4,7,10-11,13,16H,5-6,8-9,12H2,1-2H3,(H,22,26). The Morgan fingerprint density at radius 1 is 1.18 bits per heavy atom. The molecular weight excluding hydrogens is 356 g/mol. The number of aromatic nitrogens is 2. The highest BCUT2D eigenvalue weighted by molar-refractivity contribution is 5.92. The monoisotopic (exact) mass is 380 g/mol. The average molecular weight is 380 g/mol. The van der Waals surface area contributed by atoms with E-state index in [4.69, 9.17) is 8.83 Å². The predicted molar refractivity (Wildman–Crippen MR) is 105 cm³/mol. The van der Waals surface area contributed by atoms with Crippen LogP contribution in [0.3, 0.4) is 0 Å².